The van der Waals surface area contributed by atoms with E-state index in [-0.39, 0.29) is 31.4 Å². The molecule has 0 aromatic carbocycles. The SMILES string of the molecule is CCC1OC(=O)[C@H](C)C(O[C@H]2C[C@@](C)(OC)[C@@H](O)[C@H](C)O2)[C@H](C)[C@@H](O[C@@H]2O[C@H](C)C[C@H](N(C)C)[C@H]2O)[C@](C)(O)C[C@@H](C)C(=O)C(C)[C@@H](O)[C@]1(C)O. The highest BCUT2D eigenvalue weighted by molar-refractivity contribution is 5.83. The summed E-state index contributed by atoms with van der Waals surface area (Å²) in [4.78, 5) is 29.8. The maximum Gasteiger partial charge on any atom is 0.311 e. The van der Waals surface area contributed by atoms with Crippen molar-refractivity contribution >= 4 is 11.8 Å². The van der Waals surface area contributed by atoms with E-state index in [9.17, 15) is 35.1 Å². The first-order chi connectivity index (χ1) is 23.4. The van der Waals surface area contributed by atoms with Crippen LogP contribution in [0, 0.1) is 23.7 Å². The maximum absolute atomic E-state index is 14.1. The first kappa shape index (κ1) is 44.1. The smallest absolute Gasteiger partial charge is 0.311 e. The minimum absolute atomic E-state index is 0.0936. The Morgan fingerprint density at radius 2 is 1.49 bits per heavy atom. The second-order valence-corrected chi connectivity index (χ2v) is 16.5. The van der Waals surface area contributed by atoms with Crippen molar-refractivity contribution in [3.63, 3.8) is 0 Å². The Morgan fingerprint density at radius 3 is 2.04 bits per heavy atom. The molecule has 5 N–H and O–H groups in total. The van der Waals surface area contributed by atoms with Crippen molar-refractivity contribution in [2.75, 3.05) is 21.2 Å². The molecule has 3 aliphatic heterocycles. The van der Waals surface area contributed by atoms with E-state index in [1.165, 1.54) is 27.9 Å². The minimum atomic E-state index is -1.99. The lowest BCUT2D eigenvalue weighted by Crippen LogP contribution is -2.61. The summed E-state index contributed by atoms with van der Waals surface area (Å²) in [5.74, 6) is -4.98. The van der Waals surface area contributed by atoms with Gasteiger partial charge in [0.25, 0.3) is 0 Å². The Morgan fingerprint density at radius 1 is 0.882 bits per heavy atom. The number of ether oxygens (including phenoxy) is 6. The fourth-order valence-corrected chi connectivity index (χ4v) is 8.41. The van der Waals surface area contributed by atoms with Gasteiger partial charge >= 0.3 is 5.97 Å². The van der Waals surface area contributed by atoms with Crippen LogP contribution < -0.4 is 0 Å². The van der Waals surface area contributed by atoms with Gasteiger partial charge in [0.05, 0.1) is 47.6 Å². The molecule has 3 heterocycles. The summed E-state index contributed by atoms with van der Waals surface area (Å²) >= 11 is 0. The van der Waals surface area contributed by atoms with E-state index in [4.69, 9.17) is 28.4 Å². The summed E-state index contributed by atoms with van der Waals surface area (Å²) in [6, 6.07) is -0.324. The van der Waals surface area contributed by atoms with Gasteiger partial charge in [-0.15, -0.1) is 0 Å². The molecule has 51 heavy (non-hydrogen) atoms. The normalized spacial score (nSPS) is 49.7. The van der Waals surface area contributed by atoms with Crippen LogP contribution >= 0.6 is 0 Å². The number of likely N-dealkylation sites (N-methyl/N-ethyl adjacent to an activating group) is 1. The number of methoxy groups -OCH3 is 1. The van der Waals surface area contributed by atoms with E-state index in [1.54, 1.807) is 41.5 Å². The molecule has 18 atom stereocenters. The van der Waals surface area contributed by atoms with Crippen LogP contribution in [0.3, 0.4) is 0 Å². The molecule has 0 bridgehead atoms. The van der Waals surface area contributed by atoms with Crippen LogP contribution in [0.2, 0.25) is 0 Å². The molecule has 3 aliphatic rings. The third-order valence-corrected chi connectivity index (χ3v) is 11.8. The number of hydrogen-bond donors (Lipinski definition) is 5. The standard InChI is InChI=1S/C37H67NO13/c1-14-25-37(10,45)30(41)20(4)27(39)18(2)16-35(8,44)32(51-34-28(40)24(38(11)12)15-19(3)47-34)21(5)29(22(6)33(43)49-25)50-26-17-36(9,46-13)31(42)23(7)48-26/h18-26,28-32,34,40-42,44-45H,14-17H2,1-13H3/t18-,19-,20?,21+,22-,23+,24+,25?,26+,28-,29?,30-,31+,32-,34+,35-,36-,37-/m1/s1. The van der Waals surface area contributed by atoms with Gasteiger partial charge in [0, 0.05) is 37.3 Å². The third kappa shape index (κ3) is 9.51. The number of rotatable bonds is 7. The average molecular weight is 734 g/mol. The number of cyclic esters (lactones) is 1. The second-order valence-electron chi connectivity index (χ2n) is 16.5. The van der Waals surface area contributed by atoms with E-state index in [0.717, 1.165) is 0 Å². The van der Waals surface area contributed by atoms with Crippen molar-refractivity contribution < 1.29 is 63.5 Å². The molecule has 0 saturated carbocycles. The van der Waals surface area contributed by atoms with E-state index < -0.39 is 108 Å². The number of nitrogens with zero attached hydrogens (tertiary/aromatic N) is 1. The molecule has 3 fully saturated rings. The lowest BCUT2D eigenvalue weighted by Gasteiger charge is -2.49. The lowest BCUT2D eigenvalue weighted by atomic mass is 9.74. The number of aliphatic hydroxyl groups is 5. The van der Waals surface area contributed by atoms with Gasteiger partial charge in [-0.1, -0.05) is 27.7 Å². The molecule has 14 heteroatoms. The summed E-state index contributed by atoms with van der Waals surface area (Å²) in [5.41, 5.74) is -4.84. The fourth-order valence-electron chi connectivity index (χ4n) is 8.41. The summed E-state index contributed by atoms with van der Waals surface area (Å²) in [6.45, 7) is 16.3. The summed E-state index contributed by atoms with van der Waals surface area (Å²) in [6.07, 6.45) is -9.71. The molecule has 0 amide bonds. The number of aliphatic hydroxyl groups excluding tert-OH is 3. The van der Waals surface area contributed by atoms with Crippen LogP contribution in [0.5, 0.6) is 0 Å². The van der Waals surface area contributed by atoms with Gasteiger partial charge in [-0.05, 0) is 74.9 Å². The molecule has 0 aromatic rings. The molecule has 298 valence electrons. The molecule has 3 saturated heterocycles. The predicted octanol–water partition coefficient (Wildman–Crippen LogP) is 1.79. The zero-order valence-electron chi connectivity index (χ0n) is 32.9. The van der Waals surface area contributed by atoms with Crippen molar-refractivity contribution in [2.45, 2.75) is 179 Å². The summed E-state index contributed by atoms with van der Waals surface area (Å²) in [5, 5.41) is 57.6. The minimum Gasteiger partial charge on any atom is -0.459 e. The van der Waals surface area contributed by atoms with Crippen LogP contribution in [0.25, 0.3) is 0 Å². The van der Waals surface area contributed by atoms with Crippen LogP contribution in [0.1, 0.15) is 94.9 Å². The Balaban J connectivity index is 2.18. The molecule has 0 spiro atoms. The third-order valence-electron chi connectivity index (χ3n) is 11.8. The zero-order chi connectivity index (χ0) is 39.0. The molecule has 3 unspecified atom stereocenters. The molecule has 0 radical (unpaired) electrons. The number of carbonyl (C=O) groups is 2. The van der Waals surface area contributed by atoms with E-state index in [1.807, 2.05) is 25.9 Å². The highest BCUT2D eigenvalue weighted by Crippen LogP contribution is 2.40. The zero-order valence-corrected chi connectivity index (χ0v) is 32.9. The molecule has 3 rings (SSSR count). The Labute approximate surface area is 304 Å². The van der Waals surface area contributed by atoms with Gasteiger partial charge < -0.3 is 58.9 Å². The van der Waals surface area contributed by atoms with Crippen molar-refractivity contribution in [1.29, 1.82) is 0 Å². The van der Waals surface area contributed by atoms with Crippen molar-refractivity contribution in [1.82, 2.24) is 4.90 Å². The van der Waals surface area contributed by atoms with E-state index in [0.29, 0.717) is 6.42 Å². The molecular weight excluding hydrogens is 666 g/mol. The van der Waals surface area contributed by atoms with Crippen LogP contribution in [0.4, 0.5) is 0 Å². The molecule has 14 nitrogen and oxygen atoms in total. The fraction of sp³-hybridized carbons (Fsp3) is 0.946. The summed E-state index contributed by atoms with van der Waals surface area (Å²) < 4.78 is 37.1. The quantitative estimate of drug-likeness (QED) is 0.238. The number of esters is 1. The monoisotopic (exact) mass is 733 g/mol. The Hall–Kier alpha value is -1.30. The van der Waals surface area contributed by atoms with Crippen LogP contribution in [-0.4, -0.2) is 148 Å². The lowest BCUT2D eigenvalue weighted by molar-refractivity contribution is -0.318. The first-order valence-corrected chi connectivity index (χ1v) is 18.5. The molecule has 0 aromatic heterocycles. The molecular formula is C37H67NO13. The number of hydrogen-bond acceptors (Lipinski definition) is 14. The molecule has 0 aliphatic carbocycles. The number of Topliss-reactive ketones (excluding diaryl/α,β-unsaturated/α-hetero) is 1. The van der Waals surface area contributed by atoms with Gasteiger partial charge in [0.1, 0.15) is 29.7 Å². The number of ketones is 1. The predicted molar refractivity (Wildman–Crippen MR) is 186 cm³/mol. The average Bonchev–Trinajstić information content (AvgIpc) is 3.05. The topological polar surface area (TPSA) is 194 Å². The van der Waals surface area contributed by atoms with Crippen molar-refractivity contribution in [3.05, 3.63) is 0 Å². The van der Waals surface area contributed by atoms with E-state index in [2.05, 4.69) is 0 Å². The highest BCUT2D eigenvalue weighted by atomic mass is 16.7. The summed E-state index contributed by atoms with van der Waals surface area (Å²) in [7, 11) is 5.18. The van der Waals surface area contributed by atoms with Gasteiger partial charge in [0.2, 0.25) is 0 Å². The van der Waals surface area contributed by atoms with Gasteiger partial charge in [-0.3, -0.25) is 9.59 Å². The van der Waals surface area contributed by atoms with Crippen molar-refractivity contribution in [2.24, 2.45) is 23.7 Å². The van der Waals surface area contributed by atoms with E-state index >= 15 is 0 Å². The Kier molecular flexibility index (Phi) is 14.7. The van der Waals surface area contributed by atoms with Gasteiger partial charge in [-0.2, -0.15) is 0 Å². The van der Waals surface area contributed by atoms with Gasteiger partial charge in [0.15, 0.2) is 12.6 Å². The van der Waals surface area contributed by atoms with Gasteiger partial charge in [-0.25, -0.2) is 0 Å². The van der Waals surface area contributed by atoms with Crippen LogP contribution in [0.15, 0.2) is 0 Å². The Bertz CT molecular complexity index is 1170. The van der Waals surface area contributed by atoms with Crippen LogP contribution in [-0.2, 0) is 38.0 Å². The highest BCUT2D eigenvalue weighted by Gasteiger charge is 2.53. The van der Waals surface area contributed by atoms with Crippen molar-refractivity contribution in [3.8, 4) is 0 Å². The second kappa shape index (κ2) is 17.0. The first-order valence-electron chi connectivity index (χ1n) is 18.5. The number of carbonyl (C=O) groups excluding carboxylic acids is 2. The largest absolute Gasteiger partial charge is 0.459 e. The maximum atomic E-state index is 14.1.